The van der Waals surface area contributed by atoms with E-state index in [9.17, 15) is 4.79 Å². The van der Waals surface area contributed by atoms with Crippen molar-refractivity contribution in [2.75, 3.05) is 6.54 Å². The summed E-state index contributed by atoms with van der Waals surface area (Å²) in [4.78, 5) is 13.2. The number of hydrogen-bond donors (Lipinski definition) is 1. The molecule has 0 aromatic rings. The quantitative estimate of drug-likeness (QED) is 0.702. The lowest BCUT2D eigenvalue weighted by Gasteiger charge is -2.38. The summed E-state index contributed by atoms with van der Waals surface area (Å²) in [6, 6.07) is 0.538. The number of aliphatic carboxylic acids is 1. The molecule has 0 radical (unpaired) electrons. The Kier molecular flexibility index (Phi) is 1.88. The van der Waals surface area contributed by atoms with Crippen molar-refractivity contribution in [3.63, 3.8) is 0 Å². The van der Waals surface area contributed by atoms with Crippen molar-refractivity contribution in [2.24, 2.45) is 5.92 Å². The van der Waals surface area contributed by atoms with Crippen molar-refractivity contribution in [3.05, 3.63) is 0 Å². The van der Waals surface area contributed by atoms with E-state index in [0.717, 1.165) is 12.5 Å². The van der Waals surface area contributed by atoms with Crippen LogP contribution in [0.5, 0.6) is 0 Å². The first-order valence-electron chi connectivity index (χ1n) is 5.02. The van der Waals surface area contributed by atoms with Crippen molar-refractivity contribution in [2.45, 2.75) is 44.7 Å². The highest BCUT2D eigenvalue weighted by atomic mass is 16.4. The van der Waals surface area contributed by atoms with Crippen LogP contribution >= 0.6 is 0 Å². The summed E-state index contributed by atoms with van der Waals surface area (Å²) in [6.07, 6.45) is 3.72. The highest BCUT2D eigenvalue weighted by Crippen LogP contribution is 2.41. The fraction of sp³-hybridized carbons (Fsp3) is 0.900. The molecule has 2 bridgehead atoms. The second-order valence-electron chi connectivity index (χ2n) is 4.85. The first kappa shape index (κ1) is 9.00. The van der Waals surface area contributed by atoms with Gasteiger partial charge in [0.2, 0.25) is 0 Å². The van der Waals surface area contributed by atoms with Crippen molar-refractivity contribution >= 4 is 5.97 Å². The molecule has 1 aliphatic heterocycles. The van der Waals surface area contributed by atoms with Crippen LogP contribution in [0.3, 0.4) is 0 Å². The Morgan fingerprint density at radius 2 is 2.15 bits per heavy atom. The van der Waals surface area contributed by atoms with Crippen LogP contribution in [0.25, 0.3) is 0 Å². The third kappa shape index (κ3) is 1.26. The van der Waals surface area contributed by atoms with Gasteiger partial charge in [-0.1, -0.05) is 0 Å². The lowest BCUT2D eigenvalue weighted by Crippen LogP contribution is -2.53. The average molecular weight is 183 g/mol. The van der Waals surface area contributed by atoms with E-state index in [1.54, 1.807) is 0 Å². The molecule has 1 aliphatic carbocycles. The molecule has 2 rings (SSSR count). The van der Waals surface area contributed by atoms with E-state index in [2.05, 4.69) is 4.90 Å². The lowest BCUT2D eigenvalue weighted by molar-refractivity contribution is -0.150. The second-order valence-corrected chi connectivity index (χ2v) is 4.85. The van der Waals surface area contributed by atoms with Crippen LogP contribution in [0, 0.1) is 5.92 Å². The Labute approximate surface area is 78.7 Å². The topological polar surface area (TPSA) is 40.5 Å². The van der Waals surface area contributed by atoms with Crippen LogP contribution in [-0.2, 0) is 4.79 Å². The largest absolute Gasteiger partial charge is 0.480 e. The molecule has 0 aromatic heterocycles. The number of hydrogen-bond acceptors (Lipinski definition) is 2. The zero-order valence-corrected chi connectivity index (χ0v) is 8.29. The van der Waals surface area contributed by atoms with Gasteiger partial charge in [0.15, 0.2) is 0 Å². The molecule has 0 aromatic carbocycles. The van der Waals surface area contributed by atoms with Gasteiger partial charge in [-0.3, -0.25) is 9.69 Å². The highest BCUT2D eigenvalue weighted by Gasteiger charge is 2.47. The Balaban J connectivity index is 2.14. The minimum Gasteiger partial charge on any atom is -0.480 e. The molecule has 2 aliphatic rings. The number of likely N-dealkylation sites (tertiary alicyclic amines) is 1. The Hall–Kier alpha value is -0.570. The molecule has 2 atom stereocenters. The van der Waals surface area contributed by atoms with Crippen LogP contribution in [0.15, 0.2) is 0 Å². The molecule has 1 saturated carbocycles. The fourth-order valence-electron chi connectivity index (χ4n) is 2.73. The summed E-state index contributed by atoms with van der Waals surface area (Å²) in [5.74, 6) is 0.0728. The van der Waals surface area contributed by atoms with Crippen molar-refractivity contribution in [1.29, 1.82) is 0 Å². The maximum atomic E-state index is 11.0. The van der Waals surface area contributed by atoms with E-state index in [4.69, 9.17) is 5.11 Å². The predicted molar refractivity (Wildman–Crippen MR) is 49.5 cm³/mol. The molecule has 3 nitrogen and oxygen atoms in total. The predicted octanol–water partition coefficient (Wildman–Crippen LogP) is 1.33. The molecule has 2 unspecified atom stereocenters. The van der Waals surface area contributed by atoms with Crippen LogP contribution < -0.4 is 0 Å². The molecule has 74 valence electrons. The number of piperidine rings is 1. The maximum absolute atomic E-state index is 11.0. The first-order valence-corrected chi connectivity index (χ1v) is 5.02. The Morgan fingerprint density at radius 1 is 1.46 bits per heavy atom. The molecule has 1 heterocycles. The molecule has 3 heteroatoms. The van der Waals surface area contributed by atoms with Crippen LogP contribution in [0.4, 0.5) is 0 Å². The first-order chi connectivity index (χ1) is 6.01. The number of rotatable bonds is 2. The molecular weight excluding hydrogens is 166 g/mol. The minimum absolute atomic E-state index is 0.538. The van der Waals surface area contributed by atoms with Gasteiger partial charge in [-0.05, 0) is 39.0 Å². The summed E-state index contributed by atoms with van der Waals surface area (Å²) >= 11 is 0. The van der Waals surface area contributed by atoms with Crippen LogP contribution in [-0.4, -0.2) is 34.1 Å². The van der Waals surface area contributed by atoms with E-state index in [0.29, 0.717) is 6.04 Å². The Bertz CT molecular complexity index is 237. The van der Waals surface area contributed by atoms with Crippen LogP contribution in [0.2, 0.25) is 0 Å². The van der Waals surface area contributed by atoms with Crippen molar-refractivity contribution < 1.29 is 9.90 Å². The molecule has 13 heavy (non-hydrogen) atoms. The third-order valence-corrected chi connectivity index (χ3v) is 3.65. The number of carboxylic acids is 1. The van der Waals surface area contributed by atoms with Crippen molar-refractivity contribution in [1.82, 2.24) is 4.90 Å². The van der Waals surface area contributed by atoms with Gasteiger partial charge in [-0.2, -0.15) is 0 Å². The Morgan fingerprint density at radius 3 is 2.54 bits per heavy atom. The van der Waals surface area contributed by atoms with E-state index in [1.165, 1.54) is 19.3 Å². The summed E-state index contributed by atoms with van der Waals surface area (Å²) < 4.78 is 0. The number of carbonyl (C=O) groups is 1. The molecule has 0 spiro atoms. The number of fused-ring (bicyclic) bond motifs is 2. The molecular formula is C10H17NO2. The fourth-order valence-corrected chi connectivity index (χ4v) is 2.73. The summed E-state index contributed by atoms with van der Waals surface area (Å²) in [5.41, 5.74) is -0.667. The van der Waals surface area contributed by atoms with Crippen molar-refractivity contribution in [3.8, 4) is 0 Å². The second kappa shape index (κ2) is 2.71. The smallest absolute Gasteiger partial charge is 0.323 e. The molecule has 0 amide bonds. The summed E-state index contributed by atoms with van der Waals surface area (Å²) in [7, 11) is 0. The van der Waals surface area contributed by atoms with Gasteiger partial charge in [0, 0.05) is 12.6 Å². The lowest BCUT2D eigenvalue weighted by atomic mass is 9.99. The zero-order valence-electron chi connectivity index (χ0n) is 8.29. The summed E-state index contributed by atoms with van der Waals surface area (Å²) in [6.45, 7) is 4.62. The average Bonchev–Trinajstić information content (AvgIpc) is 2.63. The molecule has 1 N–H and O–H groups in total. The van der Waals surface area contributed by atoms with E-state index in [-0.39, 0.29) is 0 Å². The van der Waals surface area contributed by atoms with E-state index < -0.39 is 11.5 Å². The van der Waals surface area contributed by atoms with Gasteiger partial charge in [-0.25, -0.2) is 0 Å². The van der Waals surface area contributed by atoms with Gasteiger partial charge >= 0.3 is 5.97 Å². The zero-order chi connectivity index (χ0) is 9.64. The number of nitrogens with zero attached hydrogens (tertiary/aromatic N) is 1. The van der Waals surface area contributed by atoms with E-state index in [1.807, 2.05) is 13.8 Å². The summed E-state index contributed by atoms with van der Waals surface area (Å²) in [5, 5.41) is 9.09. The van der Waals surface area contributed by atoms with Gasteiger partial charge < -0.3 is 5.11 Å². The molecule has 1 saturated heterocycles. The maximum Gasteiger partial charge on any atom is 0.323 e. The minimum atomic E-state index is -0.694. The van der Waals surface area contributed by atoms with Gasteiger partial charge in [0.05, 0.1) is 0 Å². The highest BCUT2D eigenvalue weighted by molar-refractivity contribution is 5.77. The standard InChI is InChI=1S/C10H17NO2/c1-10(2,9(12)13)11-6-7-3-4-8(11)5-7/h7-8H,3-6H2,1-2H3,(H,12,13). The SMILES string of the molecule is CC(C)(C(=O)O)N1CC2CCC1C2. The number of carboxylic acid groups (broad SMARTS) is 1. The van der Waals surface area contributed by atoms with E-state index >= 15 is 0 Å². The molecule has 2 fully saturated rings. The van der Waals surface area contributed by atoms with Crippen LogP contribution in [0.1, 0.15) is 33.1 Å². The monoisotopic (exact) mass is 183 g/mol. The van der Waals surface area contributed by atoms with Gasteiger partial charge in [-0.15, -0.1) is 0 Å². The van der Waals surface area contributed by atoms with Gasteiger partial charge in [0.25, 0.3) is 0 Å². The van der Waals surface area contributed by atoms with Gasteiger partial charge in [0.1, 0.15) is 5.54 Å². The third-order valence-electron chi connectivity index (χ3n) is 3.65. The normalized spacial score (nSPS) is 34.0.